The normalized spacial score (nSPS) is 15.8. The van der Waals surface area contributed by atoms with Crippen LogP contribution in [-0.4, -0.2) is 25.2 Å². The van der Waals surface area contributed by atoms with Crippen LogP contribution in [0.4, 0.5) is 5.69 Å². The number of thiocarbonyl (C=S) groups is 1. The Kier molecular flexibility index (Phi) is 5.77. The first-order valence-corrected chi connectivity index (χ1v) is 10.2. The SMILES string of the molecule is COc1ccc(OC)c(NC(=O)C2=C(C)NC(=S)NC2c2cccc3ccccc23)c1. The first-order valence-electron chi connectivity index (χ1n) is 9.81. The van der Waals surface area contributed by atoms with Gasteiger partial charge in [-0.3, -0.25) is 4.79 Å². The molecule has 0 bridgehead atoms. The molecule has 0 aromatic heterocycles. The summed E-state index contributed by atoms with van der Waals surface area (Å²) < 4.78 is 10.7. The van der Waals surface area contributed by atoms with Crippen LogP contribution in [0.2, 0.25) is 0 Å². The first kappa shape index (κ1) is 20.7. The Hall–Kier alpha value is -3.58. The van der Waals surface area contributed by atoms with E-state index in [1.54, 1.807) is 32.4 Å². The van der Waals surface area contributed by atoms with Crippen molar-refractivity contribution in [1.82, 2.24) is 10.6 Å². The van der Waals surface area contributed by atoms with E-state index in [0.29, 0.717) is 33.6 Å². The highest BCUT2D eigenvalue weighted by atomic mass is 32.1. The Morgan fingerprint density at radius 2 is 1.81 bits per heavy atom. The van der Waals surface area contributed by atoms with Gasteiger partial charge >= 0.3 is 0 Å². The van der Waals surface area contributed by atoms with Crippen molar-refractivity contribution in [3.8, 4) is 11.5 Å². The lowest BCUT2D eigenvalue weighted by Crippen LogP contribution is -2.45. The van der Waals surface area contributed by atoms with Gasteiger partial charge in [0.15, 0.2) is 5.11 Å². The third-order valence-electron chi connectivity index (χ3n) is 5.30. The molecule has 3 aromatic rings. The lowest BCUT2D eigenvalue weighted by Gasteiger charge is -2.31. The summed E-state index contributed by atoms with van der Waals surface area (Å²) in [4.78, 5) is 13.5. The average molecular weight is 434 g/mol. The molecule has 1 atom stereocenters. The van der Waals surface area contributed by atoms with Gasteiger partial charge in [-0.25, -0.2) is 0 Å². The highest BCUT2D eigenvalue weighted by molar-refractivity contribution is 7.80. The molecule has 3 N–H and O–H groups in total. The standard InChI is InChI=1S/C24H23N3O3S/c1-14-21(23(28)26-19-13-16(29-2)11-12-20(19)30-3)22(27-24(31)25-14)18-10-6-8-15-7-4-5-9-17(15)18/h4-13,22H,1-3H3,(H,26,28)(H2,25,27,31). The summed E-state index contributed by atoms with van der Waals surface area (Å²) in [5, 5.41) is 12.0. The van der Waals surface area contributed by atoms with Crippen molar-refractivity contribution < 1.29 is 14.3 Å². The minimum atomic E-state index is -0.406. The van der Waals surface area contributed by atoms with Crippen LogP contribution < -0.4 is 25.4 Å². The molecule has 158 valence electrons. The number of carbonyl (C=O) groups is 1. The number of amides is 1. The fourth-order valence-electron chi connectivity index (χ4n) is 3.83. The van der Waals surface area contributed by atoms with Crippen molar-refractivity contribution in [1.29, 1.82) is 0 Å². The molecule has 1 aliphatic heterocycles. The van der Waals surface area contributed by atoms with Crippen LogP contribution in [0, 0.1) is 0 Å². The smallest absolute Gasteiger partial charge is 0.255 e. The Morgan fingerprint density at radius 3 is 2.58 bits per heavy atom. The number of hydrogen-bond acceptors (Lipinski definition) is 4. The highest BCUT2D eigenvalue weighted by Crippen LogP contribution is 2.34. The monoisotopic (exact) mass is 433 g/mol. The van der Waals surface area contributed by atoms with Crippen LogP contribution in [0.15, 0.2) is 71.9 Å². The van der Waals surface area contributed by atoms with Gasteiger partial charge in [-0.15, -0.1) is 0 Å². The number of anilines is 1. The minimum Gasteiger partial charge on any atom is -0.497 e. The van der Waals surface area contributed by atoms with Crippen molar-refractivity contribution in [2.45, 2.75) is 13.0 Å². The maximum absolute atomic E-state index is 13.5. The Bertz CT molecular complexity index is 1200. The van der Waals surface area contributed by atoms with Crippen LogP contribution in [0.1, 0.15) is 18.5 Å². The Labute approximate surface area is 186 Å². The van der Waals surface area contributed by atoms with Crippen LogP contribution >= 0.6 is 12.2 Å². The number of allylic oxidation sites excluding steroid dienone is 1. The van der Waals surface area contributed by atoms with Gasteiger partial charge in [-0.1, -0.05) is 42.5 Å². The lowest BCUT2D eigenvalue weighted by molar-refractivity contribution is -0.113. The minimum absolute atomic E-state index is 0.260. The molecular weight excluding hydrogens is 410 g/mol. The number of benzene rings is 3. The average Bonchev–Trinajstić information content (AvgIpc) is 2.78. The number of methoxy groups -OCH3 is 2. The summed E-state index contributed by atoms with van der Waals surface area (Å²) in [6.07, 6.45) is 0. The summed E-state index contributed by atoms with van der Waals surface area (Å²) in [7, 11) is 3.13. The van der Waals surface area contributed by atoms with Crippen molar-refractivity contribution in [3.05, 3.63) is 77.5 Å². The van der Waals surface area contributed by atoms with E-state index in [9.17, 15) is 4.79 Å². The molecule has 0 fully saturated rings. The molecule has 0 saturated heterocycles. The van der Waals surface area contributed by atoms with Crippen LogP contribution in [0.25, 0.3) is 10.8 Å². The zero-order chi connectivity index (χ0) is 22.0. The van der Waals surface area contributed by atoms with E-state index in [-0.39, 0.29) is 5.91 Å². The van der Waals surface area contributed by atoms with Crippen molar-refractivity contribution in [2.24, 2.45) is 0 Å². The quantitative estimate of drug-likeness (QED) is 0.522. The number of hydrogen-bond donors (Lipinski definition) is 3. The number of rotatable bonds is 5. The fraction of sp³-hybridized carbons (Fsp3) is 0.167. The first-order chi connectivity index (χ1) is 15.0. The molecule has 3 aromatic carbocycles. The zero-order valence-electron chi connectivity index (χ0n) is 17.5. The van der Waals surface area contributed by atoms with E-state index in [0.717, 1.165) is 16.3 Å². The summed E-state index contributed by atoms with van der Waals surface area (Å²) >= 11 is 5.40. The van der Waals surface area contributed by atoms with Crippen molar-refractivity contribution >= 4 is 39.7 Å². The Morgan fingerprint density at radius 1 is 1.03 bits per heavy atom. The Balaban J connectivity index is 1.77. The van der Waals surface area contributed by atoms with E-state index < -0.39 is 6.04 Å². The predicted molar refractivity (Wildman–Crippen MR) is 126 cm³/mol. The third-order valence-corrected chi connectivity index (χ3v) is 5.52. The zero-order valence-corrected chi connectivity index (χ0v) is 18.3. The largest absolute Gasteiger partial charge is 0.497 e. The van der Waals surface area contributed by atoms with Gasteiger partial charge < -0.3 is 25.4 Å². The van der Waals surface area contributed by atoms with Crippen molar-refractivity contribution in [3.63, 3.8) is 0 Å². The maximum atomic E-state index is 13.5. The molecule has 1 amide bonds. The van der Waals surface area contributed by atoms with Crippen LogP contribution in [-0.2, 0) is 4.79 Å². The van der Waals surface area contributed by atoms with E-state index in [1.807, 2.05) is 37.3 Å². The second-order valence-electron chi connectivity index (χ2n) is 7.16. The fourth-order valence-corrected chi connectivity index (χ4v) is 4.10. The molecule has 0 spiro atoms. The van der Waals surface area contributed by atoms with Gasteiger partial charge in [0.1, 0.15) is 11.5 Å². The third kappa shape index (κ3) is 4.04. The molecule has 0 radical (unpaired) electrons. The molecule has 7 heteroatoms. The molecule has 31 heavy (non-hydrogen) atoms. The number of ether oxygens (including phenoxy) is 2. The van der Waals surface area contributed by atoms with Gasteiger partial charge in [0.2, 0.25) is 0 Å². The van der Waals surface area contributed by atoms with E-state index >= 15 is 0 Å². The summed E-state index contributed by atoms with van der Waals surface area (Å²) in [6, 6.07) is 19.0. The van der Waals surface area contributed by atoms with Gasteiger partial charge in [0, 0.05) is 11.8 Å². The molecule has 0 aliphatic carbocycles. The highest BCUT2D eigenvalue weighted by Gasteiger charge is 2.31. The molecule has 1 unspecified atom stereocenters. The van der Waals surface area contributed by atoms with Crippen molar-refractivity contribution in [2.75, 3.05) is 19.5 Å². The van der Waals surface area contributed by atoms with Gasteiger partial charge in [0.25, 0.3) is 5.91 Å². The van der Waals surface area contributed by atoms with Crippen LogP contribution in [0.5, 0.6) is 11.5 Å². The number of fused-ring (bicyclic) bond motifs is 1. The molecule has 4 rings (SSSR count). The van der Waals surface area contributed by atoms with Gasteiger partial charge in [-0.05, 0) is 47.6 Å². The summed E-state index contributed by atoms with van der Waals surface area (Å²) in [5.74, 6) is 0.902. The predicted octanol–water partition coefficient (Wildman–Crippen LogP) is 4.29. The molecule has 0 saturated carbocycles. The number of carbonyl (C=O) groups excluding carboxylic acids is 1. The second-order valence-corrected chi connectivity index (χ2v) is 7.57. The van der Waals surface area contributed by atoms with E-state index in [4.69, 9.17) is 21.7 Å². The molecule has 6 nitrogen and oxygen atoms in total. The molecular formula is C24H23N3O3S. The van der Waals surface area contributed by atoms with Gasteiger partial charge in [-0.2, -0.15) is 0 Å². The maximum Gasteiger partial charge on any atom is 0.255 e. The van der Waals surface area contributed by atoms with Gasteiger partial charge in [0.05, 0.1) is 31.5 Å². The van der Waals surface area contributed by atoms with E-state index in [1.165, 1.54) is 0 Å². The lowest BCUT2D eigenvalue weighted by atomic mass is 9.91. The molecule has 1 heterocycles. The number of nitrogens with one attached hydrogen (secondary N) is 3. The van der Waals surface area contributed by atoms with E-state index in [2.05, 4.69) is 28.1 Å². The summed E-state index contributed by atoms with van der Waals surface area (Å²) in [6.45, 7) is 1.85. The van der Waals surface area contributed by atoms with Crippen LogP contribution in [0.3, 0.4) is 0 Å². The second kappa shape index (κ2) is 8.65. The topological polar surface area (TPSA) is 71.6 Å². The molecule has 1 aliphatic rings. The summed E-state index contributed by atoms with van der Waals surface area (Å²) in [5.41, 5.74) is 2.75.